The van der Waals surface area contributed by atoms with E-state index in [1.807, 2.05) is 6.07 Å². The summed E-state index contributed by atoms with van der Waals surface area (Å²) in [5, 5.41) is 19.6. The topological polar surface area (TPSA) is 84.5 Å². The summed E-state index contributed by atoms with van der Waals surface area (Å²) >= 11 is 0. The smallest absolute Gasteiger partial charge is 0.317 e. The van der Waals surface area contributed by atoms with Crippen LogP contribution in [0.5, 0.6) is 0 Å². The largest absolute Gasteiger partial charge is 0.396 e. The molecule has 1 saturated heterocycles. The minimum Gasteiger partial charge on any atom is -0.396 e. The summed E-state index contributed by atoms with van der Waals surface area (Å²) in [6, 6.07) is 1.94. The highest BCUT2D eigenvalue weighted by atomic mass is 16.3. The number of urea groups is 1. The Hall–Kier alpha value is -1.60. The molecule has 0 aromatic carbocycles. The van der Waals surface area contributed by atoms with E-state index in [0.717, 1.165) is 43.9 Å². The monoisotopic (exact) mass is 351 g/mol. The highest BCUT2D eigenvalue weighted by Gasteiger charge is 2.20. The van der Waals surface area contributed by atoms with Crippen molar-refractivity contribution in [1.82, 2.24) is 25.3 Å². The van der Waals surface area contributed by atoms with Gasteiger partial charge in [0.15, 0.2) is 0 Å². The number of carbonyl (C=O) groups is 1. The molecule has 142 valence electrons. The Kier molecular flexibility index (Phi) is 6.84. The molecule has 7 heteroatoms. The number of hydrogen-bond acceptors (Lipinski definition) is 4. The molecule has 0 unspecified atom stereocenters. The van der Waals surface area contributed by atoms with Gasteiger partial charge in [0.05, 0.1) is 17.9 Å². The zero-order valence-corrected chi connectivity index (χ0v) is 16.0. The van der Waals surface area contributed by atoms with E-state index in [-0.39, 0.29) is 18.1 Å². The number of nitrogens with zero attached hydrogens (tertiary/aromatic N) is 3. The van der Waals surface area contributed by atoms with E-state index in [9.17, 15) is 9.90 Å². The first-order chi connectivity index (χ1) is 11.8. The van der Waals surface area contributed by atoms with Crippen LogP contribution in [0.4, 0.5) is 4.79 Å². The van der Waals surface area contributed by atoms with Crippen LogP contribution in [0.15, 0.2) is 6.07 Å². The lowest BCUT2D eigenvalue weighted by atomic mass is 9.92. The van der Waals surface area contributed by atoms with Gasteiger partial charge in [-0.1, -0.05) is 20.8 Å². The molecule has 0 aliphatic carbocycles. The zero-order valence-electron chi connectivity index (χ0n) is 16.0. The highest BCUT2D eigenvalue weighted by molar-refractivity contribution is 5.73. The summed E-state index contributed by atoms with van der Waals surface area (Å²) in [6.45, 7) is 10.5. The van der Waals surface area contributed by atoms with Gasteiger partial charge in [0.25, 0.3) is 0 Å². The minimum absolute atomic E-state index is 0.00352. The molecule has 1 aliphatic rings. The van der Waals surface area contributed by atoms with Crippen molar-refractivity contribution < 1.29 is 9.90 Å². The summed E-state index contributed by atoms with van der Waals surface area (Å²) in [4.78, 5) is 16.2. The van der Waals surface area contributed by atoms with Crippen LogP contribution in [0.2, 0.25) is 0 Å². The molecule has 0 radical (unpaired) electrons. The predicted octanol–water partition coefficient (Wildman–Crippen LogP) is 1.55. The molecular formula is C18H33N5O2. The zero-order chi connectivity index (χ0) is 18.4. The summed E-state index contributed by atoms with van der Waals surface area (Å²) in [5.41, 5.74) is 1.93. The number of rotatable bonds is 6. The molecule has 25 heavy (non-hydrogen) atoms. The third-order valence-corrected chi connectivity index (χ3v) is 4.72. The van der Waals surface area contributed by atoms with Gasteiger partial charge >= 0.3 is 6.03 Å². The maximum atomic E-state index is 12.2. The predicted molar refractivity (Wildman–Crippen MR) is 98.4 cm³/mol. The van der Waals surface area contributed by atoms with Crippen molar-refractivity contribution in [3.63, 3.8) is 0 Å². The maximum absolute atomic E-state index is 12.2. The van der Waals surface area contributed by atoms with Gasteiger partial charge in [-0.3, -0.25) is 5.10 Å². The van der Waals surface area contributed by atoms with Crippen LogP contribution in [-0.4, -0.2) is 71.0 Å². The van der Waals surface area contributed by atoms with Gasteiger partial charge in [-0.2, -0.15) is 5.10 Å². The second-order valence-corrected chi connectivity index (χ2v) is 8.11. The van der Waals surface area contributed by atoms with E-state index in [2.05, 4.69) is 41.2 Å². The first-order valence-corrected chi connectivity index (χ1v) is 9.16. The van der Waals surface area contributed by atoms with Gasteiger partial charge in [-0.15, -0.1) is 0 Å². The number of H-pyrrole nitrogens is 1. The first kappa shape index (κ1) is 19.7. The molecular weight excluding hydrogens is 318 g/mol. The average Bonchev–Trinajstić information content (AvgIpc) is 3.03. The fourth-order valence-corrected chi connectivity index (χ4v) is 3.11. The van der Waals surface area contributed by atoms with Crippen molar-refractivity contribution in [3.8, 4) is 0 Å². The fourth-order valence-electron chi connectivity index (χ4n) is 3.11. The van der Waals surface area contributed by atoms with Crippen molar-refractivity contribution in [3.05, 3.63) is 17.5 Å². The Morgan fingerprint density at radius 1 is 1.52 bits per heavy atom. The lowest BCUT2D eigenvalue weighted by Crippen LogP contribution is -2.44. The number of aliphatic hydroxyl groups is 1. The molecule has 1 aliphatic heterocycles. The Labute approximate surface area is 150 Å². The van der Waals surface area contributed by atoms with Crippen LogP contribution >= 0.6 is 0 Å². The third-order valence-electron chi connectivity index (χ3n) is 4.72. The quantitative estimate of drug-likeness (QED) is 0.726. The number of aromatic amines is 1. The lowest BCUT2D eigenvalue weighted by molar-refractivity contribution is 0.121. The summed E-state index contributed by atoms with van der Waals surface area (Å²) in [6.07, 6.45) is 2.22. The Morgan fingerprint density at radius 2 is 2.28 bits per heavy atom. The Bertz CT molecular complexity index is 552. The Morgan fingerprint density at radius 3 is 2.92 bits per heavy atom. The van der Waals surface area contributed by atoms with Gasteiger partial charge in [0, 0.05) is 38.7 Å². The number of aliphatic hydroxyl groups excluding tert-OH is 1. The van der Waals surface area contributed by atoms with Crippen molar-refractivity contribution >= 4 is 6.03 Å². The van der Waals surface area contributed by atoms with Crippen LogP contribution in [-0.2, 0) is 12.0 Å². The van der Waals surface area contributed by atoms with Crippen molar-refractivity contribution in [2.24, 2.45) is 5.92 Å². The van der Waals surface area contributed by atoms with Crippen LogP contribution in [0, 0.1) is 5.92 Å². The molecule has 1 atom stereocenters. The molecule has 7 nitrogen and oxygen atoms in total. The van der Waals surface area contributed by atoms with Gasteiger partial charge in [-0.05, 0) is 31.4 Å². The molecule has 2 heterocycles. The van der Waals surface area contributed by atoms with E-state index in [0.29, 0.717) is 19.0 Å². The number of hydrogen-bond donors (Lipinski definition) is 3. The normalized spacial score (nSPS) is 19.0. The van der Waals surface area contributed by atoms with Gasteiger partial charge < -0.3 is 20.2 Å². The van der Waals surface area contributed by atoms with Crippen molar-refractivity contribution in [2.75, 3.05) is 39.8 Å². The summed E-state index contributed by atoms with van der Waals surface area (Å²) < 4.78 is 0. The molecule has 0 saturated carbocycles. The standard InChI is InChI=1S/C18H33N5O2/c1-18(2,3)16-10-15(20-21-16)12-22(4)17(25)19-7-9-23-8-5-6-14(11-23)13-24/h10,14,24H,5-9,11-13H2,1-4H3,(H,19,25)(H,20,21)/t14-/m1/s1. The Balaban J connectivity index is 1.72. The molecule has 1 aromatic rings. The van der Waals surface area contributed by atoms with E-state index in [1.165, 1.54) is 0 Å². The summed E-state index contributed by atoms with van der Waals surface area (Å²) in [5.74, 6) is 0.379. The first-order valence-electron chi connectivity index (χ1n) is 9.16. The van der Waals surface area contributed by atoms with Gasteiger partial charge in [0.2, 0.25) is 0 Å². The fraction of sp³-hybridized carbons (Fsp3) is 0.778. The molecule has 2 amide bonds. The second-order valence-electron chi connectivity index (χ2n) is 8.11. The molecule has 1 fully saturated rings. The van der Waals surface area contributed by atoms with E-state index < -0.39 is 0 Å². The number of piperidine rings is 1. The minimum atomic E-state index is -0.0809. The van der Waals surface area contributed by atoms with Crippen LogP contribution < -0.4 is 5.32 Å². The number of carbonyl (C=O) groups excluding carboxylic acids is 1. The maximum Gasteiger partial charge on any atom is 0.317 e. The average molecular weight is 351 g/mol. The number of likely N-dealkylation sites (tertiary alicyclic amines) is 1. The molecule has 2 rings (SSSR count). The van der Waals surface area contributed by atoms with Crippen molar-refractivity contribution in [1.29, 1.82) is 0 Å². The van der Waals surface area contributed by atoms with E-state index >= 15 is 0 Å². The highest BCUT2D eigenvalue weighted by Crippen LogP contribution is 2.20. The SMILES string of the molecule is CN(Cc1cc(C(C)(C)C)n[nH]1)C(=O)NCCN1CCC[C@@H](CO)C1. The molecule has 3 N–H and O–H groups in total. The van der Waals surface area contributed by atoms with Crippen LogP contribution in [0.25, 0.3) is 0 Å². The van der Waals surface area contributed by atoms with Gasteiger partial charge in [0.1, 0.15) is 0 Å². The van der Waals surface area contributed by atoms with Gasteiger partial charge in [-0.25, -0.2) is 4.79 Å². The number of amides is 2. The number of aromatic nitrogens is 2. The van der Waals surface area contributed by atoms with Crippen LogP contribution in [0.1, 0.15) is 45.0 Å². The third kappa shape index (κ3) is 6.01. The number of nitrogens with one attached hydrogen (secondary N) is 2. The van der Waals surface area contributed by atoms with Crippen LogP contribution in [0.3, 0.4) is 0 Å². The lowest BCUT2D eigenvalue weighted by Gasteiger charge is -2.31. The van der Waals surface area contributed by atoms with E-state index in [4.69, 9.17) is 0 Å². The van der Waals surface area contributed by atoms with E-state index in [1.54, 1.807) is 11.9 Å². The molecule has 1 aromatic heterocycles. The van der Waals surface area contributed by atoms with Crippen molar-refractivity contribution in [2.45, 2.75) is 45.6 Å². The molecule has 0 spiro atoms. The molecule has 0 bridgehead atoms. The summed E-state index contributed by atoms with van der Waals surface area (Å²) in [7, 11) is 1.79. The second kappa shape index (κ2) is 8.67.